The zero-order valence-electron chi connectivity index (χ0n) is 17.9. The first-order valence-electron chi connectivity index (χ1n) is 10.2. The van der Waals surface area contributed by atoms with Crippen molar-refractivity contribution >= 4 is 15.7 Å². The second-order valence-electron chi connectivity index (χ2n) is 7.02. The van der Waals surface area contributed by atoms with E-state index in [0.717, 1.165) is 16.7 Å². The van der Waals surface area contributed by atoms with Gasteiger partial charge in [-0.3, -0.25) is 4.79 Å². The molecule has 0 spiro atoms. The zero-order valence-corrected chi connectivity index (χ0v) is 18.8. The van der Waals surface area contributed by atoms with Gasteiger partial charge in [0.25, 0.3) is 0 Å². The van der Waals surface area contributed by atoms with E-state index in [4.69, 9.17) is 9.47 Å². The largest absolute Gasteiger partial charge is 0.490 e. The summed E-state index contributed by atoms with van der Waals surface area (Å²) < 4.78 is 35.8. The van der Waals surface area contributed by atoms with Crippen LogP contribution in [0.25, 0.3) is 0 Å². The van der Waals surface area contributed by atoms with Crippen molar-refractivity contribution in [3.05, 3.63) is 59.2 Å². The molecule has 0 aromatic heterocycles. The fourth-order valence-corrected chi connectivity index (χ4v) is 4.45. The van der Waals surface area contributed by atoms with E-state index >= 15 is 0 Å². The molecule has 0 aliphatic rings. The van der Waals surface area contributed by atoms with Crippen molar-refractivity contribution < 1.29 is 22.7 Å². The van der Waals surface area contributed by atoms with E-state index in [1.165, 1.54) is 0 Å². The summed E-state index contributed by atoms with van der Waals surface area (Å²) >= 11 is 0. The van der Waals surface area contributed by atoms with Crippen LogP contribution in [0.2, 0.25) is 0 Å². The third-order valence-electron chi connectivity index (χ3n) is 4.62. The normalized spacial score (nSPS) is 11.2. The van der Waals surface area contributed by atoms with Crippen LogP contribution >= 0.6 is 0 Å². The summed E-state index contributed by atoms with van der Waals surface area (Å²) in [4.78, 5) is 12.1. The Morgan fingerprint density at radius 3 is 2.40 bits per heavy atom. The summed E-state index contributed by atoms with van der Waals surface area (Å²) in [5.41, 5.74) is 2.72. The number of carbonyl (C=O) groups excluding carboxylic acids is 1. The fourth-order valence-electron chi connectivity index (χ4n) is 3.02. The fraction of sp³-hybridized carbons (Fsp3) is 0.435. The average molecular weight is 434 g/mol. The van der Waals surface area contributed by atoms with Crippen molar-refractivity contribution in [2.75, 3.05) is 25.5 Å². The van der Waals surface area contributed by atoms with Crippen LogP contribution in [0.1, 0.15) is 37.0 Å². The molecule has 6 nitrogen and oxygen atoms in total. The average Bonchev–Trinajstić information content (AvgIpc) is 2.70. The SMILES string of the molecule is CCOc1ccc(CCNC(=O)CCS(=O)(=O)Cc2ccccc2C)cc1OCC. The van der Waals surface area contributed by atoms with E-state index in [-0.39, 0.29) is 23.8 Å². The van der Waals surface area contributed by atoms with Gasteiger partial charge in [-0.1, -0.05) is 30.3 Å². The number of benzene rings is 2. The van der Waals surface area contributed by atoms with E-state index in [2.05, 4.69) is 5.32 Å². The van der Waals surface area contributed by atoms with Crippen molar-refractivity contribution in [3.8, 4) is 11.5 Å². The molecule has 2 rings (SSSR count). The summed E-state index contributed by atoms with van der Waals surface area (Å²) in [6, 6.07) is 13.1. The van der Waals surface area contributed by atoms with Gasteiger partial charge in [0, 0.05) is 13.0 Å². The molecule has 0 fully saturated rings. The maximum Gasteiger partial charge on any atom is 0.221 e. The van der Waals surface area contributed by atoms with Crippen molar-refractivity contribution in [2.24, 2.45) is 0 Å². The van der Waals surface area contributed by atoms with Gasteiger partial charge in [-0.2, -0.15) is 0 Å². The Kier molecular flexibility index (Phi) is 9.17. The third kappa shape index (κ3) is 7.71. The first-order valence-corrected chi connectivity index (χ1v) is 12.1. The maximum absolute atomic E-state index is 12.3. The molecule has 0 radical (unpaired) electrons. The van der Waals surface area contributed by atoms with Crippen LogP contribution in [-0.2, 0) is 26.8 Å². The van der Waals surface area contributed by atoms with Crippen molar-refractivity contribution in [3.63, 3.8) is 0 Å². The maximum atomic E-state index is 12.3. The molecular formula is C23H31NO5S. The molecule has 30 heavy (non-hydrogen) atoms. The summed E-state index contributed by atoms with van der Waals surface area (Å²) in [6.45, 7) is 7.24. The molecule has 0 bridgehead atoms. The predicted octanol–water partition coefficient (Wildman–Crippen LogP) is 3.46. The number of ether oxygens (including phenoxy) is 2. The Labute approximate surface area is 179 Å². The number of hydrogen-bond acceptors (Lipinski definition) is 5. The molecule has 0 heterocycles. The number of aryl methyl sites for hydroxylation is 1. The highest BCUT2D eigenvalue weighted by Gasteiger charge is 2.15. The van der Waals surface area contributed by atoms with E-state index in [0.29, 0.717) is 37.7 Å². The van der Waals surface area contributed by atoms with Crippen LogP contribution in [0.3, 0.4) is 0 Å². The topological polar surface area (TPSA) is 81.7 Å². The van der Waals surface area contributed by atoms with Gasteiger partial charge in [0.1, 0.15) is 0 Å². The molecule has 0 atom stereocenters. The summed E-state index contributed by atoms with van der Waals surface area (Å²) in [6.07, 6.45) is 0.579. The Hall–Kier alpha value is -2.54. The Bertz CT molecular complexity index is 940. The number of carbonyl (C=O) groups is 1. The summed E-state index contributed by atoms with van der Waals surface area (Å²) in [5, 5.41) is 2.79. The van der Waals surface area contributed by atoms with E-state index in [1.54, 1.807) is 6.07 Å². The van der Waals surface area contributed by atoms with E-state index in [9.17, 15) is 13.2 Å². The van der Waals surface area contributed by atoms with Crippen molar-refractivity contribution in [1.29, 1.82) is 0 Å². The van der Waals surface area contributed by atoms with Crippen LogP contribution in [0.4, 0.5) is 0 Å². The lowest BCUT2D eigenvalue weighted by Gasteiger charge is -2.12. The number of sulfone groups is 1. The van der Waals surface area contributed by atoms with Gasteiger partial charge in [-0.15, -0.1) is 0 Å². The lowest BCUT2D eigenvalue weighted by atomic mass is 10.1. The Morgan fingerprint density at radius 2 is 1.70 bits per heavy atom. The standard InChI is InChI=1S/C23H31NO5S/c1-4-28-21-11-10-19(16-22(21)29-5-2)12-14-24-23(25)13-15-30(26,27)17-20-9-7-6-8-18(20)3/h6-11,16H,4-5,12-15,17H2,1-3H3,(H,24,25). The molecule has 7 heteroatoms. The predicted molar refractivity (Wildman–Crippen MR) is 119 cm³/mol. The molecule has 0 saturated heterocycles. The van der Waals surface area contributed by atoms with Gasteiger partial charge in [-0.05, 0) is 56.0 Å². The van der Waals surface area contributed by atoms with Gasteiger partial charge in [0.15, 0.2) is 21.3 Å². The highest BCUT2D eigenvalue weighted by molar-refractivity contribution is 7.90. The molecule has 1 N–H and O–H groups in total. The number of hydrogen-bond donors (Lipinski definition) is 1. The monoisotopic (exact) mass is 433 g/mol. The molecule has 164 valence electrons. The number of amides is 1. The first-order chi connectivity index (χ1) is 14.3. The number of nitrogens with one attached hydrogen (secondary N) is 1. The molecule has 1 amide bonds. The van der Waals surface area contributed by atoms with Gasteiger partial charge in [0.05, 0.1) is 24.7 Å². The quantitative estimate of drug-likeness (QED) is 0.554. The molecule has 2 aromatic carbocycles. The van der Waals surface area contributed by atoms with E-state index in [1.807, 2.05) is 57.2 Å². The molecule has 2 aromatic rings. The second kappa shape index (κ2) is 11.6. The summed E-state index contributed by atoms with van der Waals surface area (Å²) in [5.74, 6) is 0.917. The minimum Gasteiger partial charge on any atom is -0.490 e. The molecule has 0 unspecified atom stereocenters. The van der Waals surface area contributed by atoms with Crippen molar-refractivity contribution in [1.82, 2.24) is 5.32 Å². The molecule has 0 aliphatic carbocycles. The minimum absolute atomic E-state index is 0.0400. The molecule has 0 saturated carbocycles. The minimum atomic E-state index is -3.34. The van der Waals surface area contributed by atoms with Gasteiger partial charge >= 0.3 is 0 Å². The van der Waals surface area contributed by atoms with E-state index < -0.39 is 9.84 Å². The number of rotatable bonds is 12. The summed E-state index contributed by atoms with van der Waals surface area (Å²) in [7, 11) is -3.34. The first kappa shape index (κ1) is 23.7. The highest BCUT2D eigenvalue weighted by Crippen LogP contribution is 2.28. The van der Waals surface area contributed by atoms with Crippen LogP contribution in [0.15, 0.2) is 42.5 Å². The second-order valence-corrected chi connectivity index (χ2v) is 9.20. The van der Waals surface area contributed by atoms with Gasteiger partial charge in [0.2, 0.25) is 5.91 Å². The molecule has 0 aliphatic heterocycles. The lowest BCUT2D eigenvalue weighted by Crippen LogP contribution is -2.27. The third-order valence-corrected chi connectivity index (χ3v) is 6.20. The Morgan fingerprint density at radius 1 is 1.00 bits per heavy atom. The smallest absolute Gasteiger partial charge is 0.221 e. The van der Waals surface area contributed by atoms with Crippen LogP contribution in [0, 0.1) is 6.92 Å². The van der Waals surface area contributed by atoms with Crippen LogP contribution in [-0.4, -0.2) is 39.8 Å². The van der Waals surface area contributed by atoms with Crippen molar-refractivity contribution in [2.45, 2.75) is 39.4 Å². The lowest BCUT2D eigenvalue weighted by molar-refractivity contribution is -0.120. The van der Waals surface area contributed by atoms with Gasteiger partial charge in [-0.25, -0.2) is 8.42 Å². The van der Waals surface area contributed by atoms with Gasteiger partial charge < -0.3 is 14.8 Å². The van der Waals surface area contributed by atoms with Crippen LogP contribution < -0.4 is 14.8 Å². The Balaban J connectivity index is 1.80. The molecular weight excluding hydrogens is 402 g/mol. The highest BCUT2D eigenvalue weighted by atomic mass is 32.2. The zero-order chi connectivity index (χ0) is 22.0. The van der Waals surface area contributed by atoms with Crippen LogP contribution in [0.5, 0.6) is 11.5 Å².